The minimum Gasteiger partial charge on any atom is -0.465 e. The smallest absolute Gasteiger partial charge is 0.341 e. The van der Waals surface area contributed by atoms with E-state index in [-0.39, 0.29) is 5.97 Å². The molecular formula is C20H27N3O3. The number of ether oxygens (including phenoxy) is 1. The van der Waals surface area contributed by atoms with Crippen molar-refractivity contribution in [2.24, 2.45) is 16.8 Å². The largest absolute Gasteiger partial charge is 0.465 e. The van der Waals surface area contributed by atoms with Crippen LogP contribution < -0.4 is 11.1 Å². The molecule has 2 amide bonds. The van der Waals surface area contributed by atoms with Gasteiger partial charge in [0.05, 0.1) is 12.6 Å². The molecule has 0 radical (unpaired) electrons. The number of carbonyl (C=O) groups is 2. The van der Waals surface area contributed by atoms with E-state index in [9.17, 15) is 9.59 Å². The summed E-state index contributed by atoms with van der Waals surface area (Å²) < 4.78 is 5.67. The molecule has 1 aromatic carbocycles. The first-order valence-electron chi connectivity index (χ1n) is 9.48. The Morgan fingerprint density at radius 3 is 2.58 bits per heavy atom. The lowest BCUT2D eigenvalue weighted by Gasteiger charge is -2.31. The summed E-state index contributed by atoms with van der Waals surface area (Å²) in [7, 11) is 0. The standard InChI is InChI=1S/C20H27N3O3/c1-2-16-17(19(24)26-12-13-6-4-3-5-7-13)18(23-20(25)22-16)14-8-10-15(21)11-9-14/h8-11,13,17-18H,2-7,12,21H2,1H3,(H,23,25). The van der Waals surface area contributed by atoms with Gasteiger partial charge in [-0.25, -0.2) is 9.79 Å². The van der Waals surface area contributed by atoms with Gasteiger partial charge in [-0.3, -0.25) is 4.79 Å². The van der Waals surface area contributed by atoms with Crippen LogP contribution >= 0.6 is 0 Å². The van der Waals surface area contributed by atoms with E-state index < -0.39 is 18.0 Å². The number of nitrogen functional groups attached to an aromatic ring is 1. The van der Waals surface area contributed by atoms with Gasteiger partial charge in [0, 0.05) is 11.4 Å². The van der Waals surface area contributed by atoms with Gasteiger partial charge in [0.1, 0.15) is 5.92 Å². The van der Waals surface area contributed by atoms with Gasteiger partial charge >= 0.3 is 12.0 Å². The number of hydrogen-bond acceptors (Lipinski definition) is 4. The van der Waals surface area contributed by atoms with E-state index in [0.717, 1.165) is 18.4 Å². The van der Waals surface area contributed by atoms with Crippen molar-refractivity contribution in [3.8, 4) is 0 Å². The first kappa shape index (κ1) is 18.4. The van der Waals surface area contributed by atoms with Gasteiger partial charge in [-0.1, -0.05) is 38.3 Å². The number of aliphatic imine (C=N–C) groups is 1. The Kier molecular flexibility index (Phi) is 5.91. The predicted molar refractivity (Wildman–Crippen MR) is 101 cm³/mol. The van der Waals surface area contributed by atoms with Crippen molar-refractivity contribution in [3.05, 3.63) is 29.8 Å². The first-order valence-corrected chi connectivity index (χ1v) is 9.48. The van der Waals surface area contributed by atoms with Crippen LogP contribution in [-0.4, -0.2) is 24.3 Å². The average Bonchev–Trinajstić information content (AvgIpc) is 2.66. The molecule has 1 aromatic rings. The van der Waals surface area contributed by atoms with Gasteiger partial charge in [0.15, 0.2) is 0 Å². The predicted octanol–water partition coefficient (Wildman–Crippen LogP) is 3.62. The second kappa shape index (κ2) is 8.34. The van der Waals surface area contributed by atoms with Gasteiger partial charge < -0.3 is 15.8 Å². The van der Waals surface area contributed by atoms with Gasteiger partial charge in [-0.15, -0.1) is 0 Å². The summed E-state index contributed by atoms with van der Waals surface area (Å²) in [4.78, 5) is 28.9. The Morgan fingerprint density at radius 1 is 1.23 bits per heavy atom. The Balaban J connectivity index is 1.78. The molecule has 3 N–H and O–H groups in total. The third-order valence-corrected chi connectivity index (χ3v) is 5.31. The molecule has 140 valence electrons. The first-order chi connectivity index (χ1) is 12.6. The van der Waals surface area contributed by atoms with Gasteiger partial charge in [0.25, 0.3) is 0 Å². The molecule has 1 aliphatic carbocycles. The monoisotopic (exact) mass is 357 g/mol. The Hall–Kier alpha value is -2.37. The number of nitrogens with one attached hydrogen (secondary N) is 1. The van der Waals surface area contributed by atoms with E-state index in [0.29, 0.717) is 30.3 Å². The van der Waals surface area contributed by atoms with E-state index >= 15 is 0 Å². The van der Waals surface area contributed by atoms with E-state index in [2.05, 4.69) is 10.3 Å². The Labute approximate surface area is 154 Å². The fourth-order valence-electron chi connectivity index (χ4n) is 3.83. The molecule has 26 heavy (non-hydrogen) atoms. The summed E-state index contributed by atoms with van der Waals surface area (Å²) in [6.07, 6.45) is 6.44. The number of hydrogen-bond donors (Lipinski definition) is 2. The molecule has 2 unspecified atom stereocenters. The molecule has 3 rings (SSSR count). The maximum absolute atomic E-state index is 12.9. The van der Waals surface area contributed by atoms with Crippen molar-refractivity contribution in [2.45, 2.75) is 51.5 Å². The Bertz CT molecular complexity index is 678. The van der Waals surface area contributed by atoms with Crippen molar-refractivity contribution < 1.29 is 14.3 Å². The topological polar surface area (TPSA) is 93.8 Å². The lowest BCUT2D eigenvalue weighted by atomic mass is 9.86. The third-order valence-electron chi connectivity index (χ3n) is 5.31. The molecule has 6 nitrogen and oxygen atoms in total. The van der Waals surface area contributed by atoms with Crippen molar-refractivity contribution in [1.82, 2.24) is 5.32 Å². The maximum Gasteiger partial charge on any atom is 0.341 e. The number of amides is 2. The van der Waals surface area contributed by atoms with Crippen LogP contribution in [0.3, 0.4) is 0 Å². The zero-order chi connectivity index (χ0) is 18.5. The molecular weight excluding hydrogens is 330 g/mol. The minimum absolute atomic E-state index is 0.307. The van der Waals surface area contributed by atoms with Crippen LogP contribution in [-0.2, 0) is 9.53 Å². The highest BCUT2D eigenvalue weighted by Crippen LogP contribution is 2.30. The number of nitrogens with two attached hydrogens (primary N) is 1. The SMILES string of the molecule is CCC1=NC(=O)NC(c2ccc(N)cc2)C1C(=O)OCC1CCCCC1. The third kappa shape index (κ3) is 4.23. The van der Waals surface area contributed by atoms with Gasteiger partial charge in [0.2, 0.25) is 0 Å². The molecule has 6 heteroatoms. The fourth-order valence-corrected chi connectivity index (χ4v) is 3.83. The Morgan fingerprint density at radius 2 is 1.92 bits per heavy atom. The van der Waals surface area contributed by atoms with Gasteiger partial charge in [-0.05, 0) is 42.9 Å². The van der Waals surface area contributed by atoms with Crippen molar-refractivity contribution >= 4 is 23.4 Å². The normalized spacial score (nSPS) is 23.9. The van der Waals surface area contributed by atoms with Crippen LogP contribution in [0.2, 0.25) is 0 Å². The molecule has 1 saturated carbocycles. The number of rotatable bonds is 5. The lowest BCUT2D eigenvalue weighted by Crippen LogP contribution is -2.45. The minimum atomic E-state index is -0.593. The van der Waals surface area contributed by atoms with Crippen molar-refractivity contribution in [1.29, 1.82) is 0 Å². The summed E-state index contributed by atoms with van der Waals surface area (Å²) in [6.45, 7) is 2.35. The highest BCUT2D eigenvalue weighted by molar-refractivity contribution is 6.09. The molecule has 2 atom stereocenters. The van der Waals surface area contributed by atoms with Crippen LogP contribution in [0.5, 0.6) is 0 Å². The zero-order valence-corrected chi connectivity index (χ0v) is 15.2. The van der Waals surface area contributed by atoms with E-state index in [1.807, 2.05) is 19.1 Å². The summed E-state index contributed by atoms with van der Waals surface area (Å²) in [5, 5.41) is 2.82. The van der Waals surface area contributed by atoms with E-state index in [1.165, 1.54) is 19.3 Å². The summed E-state index contributed by atoms with van der Waals surface area (Å²) >= 11 is 0. The molecule has 1 aliphatic heterocycles. The van der Waals surface area contributed by atoms with Crippen LogP contribution in [0.4, 0.5) is 10.5 Å². The van der Waals surface area contributed by atoms with Crippen molar-refractivity contribution in [3.63, 3.8) is 0 Å². The molecule has 0 spiro atoms. The molecule has 0 bridgehead atoms. The molecule has 2 aliphatic rings. The summed E-state index contributed by atoms with van der Waals surface area (Å²) in [5.41, 5.74) is 7.80. The maximum atomic E-state index is 12.9. The summed E-state index contributed by atoms with van der Waals surface area (Å²) in [5.74, 6) is -0.453. The van der Waals surface area contributed by atoms with E-state index in [1.54, 1.807) is 12.1 Å². The van der Waals surface area contributed by atoms with E-state index in [4.69, 9.17) is 10.5 Å². The number of nitrogens with zero attached hydrogens (tertiary/aromatic N) is 1. The molecule has 1 heterocycles. The molecule has 0 aromatic heterocycles. The van der Waals surface area contributed by atoms with Crippen molar-refractivity contribution in [2.75, 3.05) is 12.3 Å². The van der Waals surface area contributed by atoms with Crippen LogP contribution in [0.1, 0.15) is 57.1 Å². The van der Waals surface area contributed by atoms with Gasteiger partial charge in [-0.2, -0.15) is 0 Å². The number of benzene rings is 1. The number of esters is 1. The highest BCUT2D eigenvalue weighted by atomic mass is 16.5. The molecule has 1 fully saturated rings. The number of anilines is 1. The highest BCUT2D eigenvalue weighted by Gasteiger charge is 2.39. The second-order valence-corrected chi connectivity index (χ2v) is 7.16. The fraction of sp³-hybridized carbons (Fsp3) is 0.550. The average molecular weight is 357 g/mol. The number of urea groups is 1. The molecule has 0 saturated heterocycles. The van der Waals surface area contributed by atoms with Crippen LogP contribution in [0.25, 0.3) is 0 Å². The summed E-state index contributed by atoms with van der Waals surface area (Å²) in [6, 6.07) is 6.31. The van der Waals surface area contributed by atoms with Crippen LogP contribution in [0.15, 0.2) is 29.3 Å². The zero-order valence-electron chi connectivity index (χ0n) is 15.2. The quantitative estimate of drug-likeness (QED) is 0.621. The lowest BCUT2D eigenvalue weighted by molar-refractivity contribution is -0.148. The second-order valence-electron chi connectivity index (χ2n) is 7.16. The van der Waals surface area contributed by atoms with Crippen LogP contribution in [0, 0.1) is 11.8 Å². The number of carbonyl (C=O) groups excluding carboxylic acids is 2.